The number of pyridine rings is 1. The van der Waals surface area contributed by atoms with Crippen molar-refractivity contribution in [2.24, 2.45) is 5.73 Å². The Bertz CT molecular complexity index is 840. The van der Waals surface area contributed by atoms with Crippen LogP contribution in [0.25, 0.3) is 0 Å². The van der Waals surface area contributed by atoms with Crippen LogP contribution in [-0.2, 0) is 16.2 Å². The van der Waals surface area contributed by atoms with Crippen LogP contribution < -0.4 is 10.8 Å². The summed E-state index contributed by atoms with van der Waals surface area (Å²) < 4.78 is 51.7. The number of halogens is 4. The van der Waals surface area contributed by atoms with Gasteiger partial charge in [-0.25, -0.2) is 14.2 Å². The van der Waals surface area contributed by atoms with E-state index in [1.807, 2.05) is 0 Å². The van der Waals surface area contributed by atoms with Crippen molar-refractivity contribution in [2.75, 3.05) is 5.06 Å². The molecule has 0 aliphatic carbocycles. The SMILES string of the molecule is Cc1ccc(C(=O)N(OC(=O)C(F)(F)F)c2cc(CN)ccn2)c(F)c1. The van der Waals surface area contributed by atoms with Gasteiger partial charge in [0, 0.05) is 12.7 Å². The van der Waals surface area contributed by atoms with Crippen LogP contribution in [0.2, 0.25) is 0 Å². The van der Waals surface area contributed by atoms with E-state index in [1.165, 1.54) is 12.1 Å². The first-order valence-electron chi connectivity index (χ1n) is 7.18. The fraction of sp³-hybridized carbons (Fsp3) is 0.188. The number of carbonyl (C=O) groups is 2. The quantitative estimate of drug-likeness (QED) is 0.662. The summed E-state index contributed by atoms with van der Waals surface area (Å²) in [4.78, 5) is 31.6. The Kier molecular flexibility index (Phi) is 5.56. The first-order chi connectivity index (χ1) is 12.1. The topological polar surface area (TPSA) is 85.5 Å². The Morgan fingerprint density at radius 2 is 1.92 bits per heavy atom. The number of anilines is 1. The van der Waals surface area contributed by atoms with Crippen LogP contribution in [0.3, 0.4) is 0 Å². The summed E-state index contributed by atoms with van der Waals surface area (Å²) >= 11 is 0. The minimum atomic E-state index is -5.37. The van der Waals surface area contributed by atoms with Gasteiger partial charge in [0.1, 0.15) is 5.82 Å². The average Bonchev–Trinajstić information content (AvgIpc) is 2.58. The lowest BCUT2D eigenvalue weighted by atomic mass is 10.1. The maximum atomic E-state index is 14.0. The highest BCUT2D eigenvalue weighted by atomic mass is 19.4. The van der Waals surface area contributed by atoms with Crippen molar-refractivity contribution in [1.82, 2.24) is 4.98 Å². The third kappa shape index (κ3) is 4.33. The van der Waals surface area contributed by atoms with E-state index in [-0.39, 0.29) is 11.6 Å². The number of aryl methyl sites for hydroxylation is 1. The second kappa shape index (κ2) is 7.48. The fourth-order valence-electron chi connectivity index (χ4n) is 1.93. The number of carbonyl (C=O) groups excluding carboxylic acids is 2. The van der Waals surface area contributed by atoms with Crippen LogP contribution in [0.4, 0.5) is 23.4 Å². The first kappa shape index (κ1) is 19.3. The smallest absolute Gasteiger partial charge is 0.326 e. The molecule has 0 aliphatic rings. The zero-order valence-corrected chi connectivity index (χ0v) is 13.4. The number of hydrogen-bond donors (Lipinski definition) is 1. The number of alkyl halides is 3. The van der Waals surface area contributed by atoms with Gasteiger partial charge in [-0.05, 0) is 42.3 Å². The van der Waals surface area contributed by atoms with Gasteiger partial charge in [-0.1, -0.05) is 6.07 Å². The molecule has 26 heavy (non-hydrogen) atoms. The molecule has 0 unspecified atom stereocenters. The molecule has 1 amide bonds. The molecule has 1 aromatic carbocycles. The standard InChI is InChI=1S/C16H13F4N3O3/c1-9-2-3-11(12(17)6-9)14(24)23(26-15(25)16(18,19)20)13-7-10(8-21)4-5-22-13/h2-7H,8,21H2,1H3. The molecule has 0 radical (unpaired) electrons. The molecule has 2 N–H and O–H groups in total. The summed E-state index contributed by atoms with van der Waals surface area (Å²) in [6.07, 6.45) is -4.21. The third-order valence-corrected chi connectivity index (χ3v) is 3.20. The Morgan fingerprint density at radius 1 is 1.23 bits per heavy atom. The summed E-state index contributed by atoms with van der Waals surface area (Å²) in [6.45, 7) is 1.55. The van der Waals surface area contributed by atoms with Gasteiger partial charge in [0.2, 0.25) is 0 Å². The molecule has 6 nitrogen and oxygen atoms in total. The lowest BCUT2D eigenvalue weighted by Crippen LogP contribution is -2.39. The van der Waals surface area contributed by atoms with Crippen LogP contribution >= 0.6 is 0 Å². The number of nitrogens with zero attached hydrogens (tertiary/aromatic N) is 2. The normalized spacial score (nSPS) is 11.2. The second-order valence-electron chi connectivity index (χ2n) is 5.19. The summed E-state index contributed by atoms with van der Waals surface area (Å²) in [5, 5.41) is -0.0112. The number of nitrogens with two attached hydrogens (primary N) is 1. The molecule has 0 saturated heterocycles. The Labute approximate surface area is 145 Å². The minimum Gasteiger partial charge on any atom is -0.326 e. The van der Waals surface area contributed by atoms with E-state index < -0.39 is 35.3 Å². The maximum absolute atomic E-state index is 14.0. The molecule has 1 heterocycles. The van der Waals surface area contributed by atoms with Gasteiger partial charge in [-0.15, -0.1) is 5.06 Å². The van der Waals surface area contributed by atoms with E-state index in [0.29, 0.717) is 11.1 Å². The number of hydrogen-bond acceptors (Lipinski definition) is 5. The van der Waals surface area contributed by atoms with Crippen LogP contribution in [0.1, 0.15) is 21.5 Å². The molecular formula is C16H13F4N3O3. The number of benzene rings is 1. The number of hydroxylamine groups is 1. The molecule has 0 spiro atoms. The largest absolute Gasteiger partial charge is 0.493 e. The predicted octanol–water partition coefficient (Wildman–Crippen LogP) is 2.66. The molecular weight excluding hydrogens is 358 g/mol. The van der Waals surface area contributed by atoms with Crippen molar-refractivity contribution in [1.29, 1.82) is 0 Å². The van der Waals surface area contributed by atoms with Gasteiger partial charge in [-0.2, -0.15) is 13.2 Å². The summed E-state index contributed by atoms with van der Waals surface area (Å²) in [5.74, 6) is -5.42. The average molecular weight is 371 g/mol. The van der Waals surface area contributed by atoms with E-state index in [1.54, 1.807) is 6.92 Å². The maximum Gasteiger partial charge on any atom is 0.493 e. The van der Waals surface area contributed by atoms with Gasteiger partial charge >= 0.3 is 12.1 Å². The van der Waals surface area contributed by atoms with Gasteiger partial charge in [-0.3, -0.25) is 4.79 Å². The molecule has 10 heteroatoms. The summed E-state index contributed by atoms with van der Waals surface area (Å²) in [7, 11) is 0. The molecule has 0 fully saturated rings. The van der Waals surface area contributed by atoms with Gasteiger partial charge in [0.25, 0.3) is 5.91 Å². The van der Waals surface area contributed by atoms with Crippen LogP contribution in [-0.4, -0.2) is 23.0 Å². The number of amides is 1. The Hall–Kier alpha value is -3.01. The van der Waals surface area contributed by atoms with Crippen LogP contribution in [0.5, 0.6) is 0 Å². The van der Waals surface area contributed by atoms with Crippen molar-refractivity contribution in [3.05, 3.63) is 59.0 Å². The highest BCUT2D eigenvalue weighted by molar-refractivity contribution is 6.05. The molecule has 1 aromatic heterocycles. The molecule has 0 bridgehead atoms. The lowest BCUT2D eigenvalue weighted by molar-refractivity contribution is -0.200. The highest BCUT2D eigenvalue weighted by Crippen LogP contribution is 2.23. The molecule has 2 aromatic rings. The van der Waals surface area contributed by atoms with Crippen molar-refractivity contribution < 1.29 is 32.0 Å². The van der Waals surface area contributed by atoms with Gasteiger partial charge in [0.15, 0.2) is 5.82 Å². The van der Waals surface area contributed by atoms with Crippen LogP contribution in [0, 0.1) is 12.7 Å². The zero-order chi connectivity index (χ0) is 19.5. The monoisotopic (exact) mass is 371 g/mol. The predicted molar refractivity (Wildman–Crippen MR) is 82.2 cm³/mol. The van der Waals surface area contributed by atoms with Crippen molar-refractivity contribution in [3.8, 4) is 0 Å². The van der Waals surface area contributed by atoms with E-state index in [9.17, 15) is 27.2 Å². The van der Waals surface area contributed by atoms with E-state index in [4.69, 9.17) is 5.73 Å². The molecule has 0 atom stereocenters. The fourth-order valence-corrected chi connectivity index (χ4v) is 1.93. The minimum absolute atomic E-state index is 0.0103. The molecule has 0 aliphatic heterocycles. The summed E-state index contributed by atoms with van der Waals surface area (Å²) in [5.41, 5.74) is 5.74. The molecule has 0 saturated carbocycles. The molecule has 2 rings (SSSR count). The number of rotatable bonds is 3. The molecule has 138 valence electrons. The second-order valence-corrected chi connectivity index (χ2v) is 5.19. The third-order valence-electron chi connectivity index (χ3n) is 3.20. The summed E-state index contributed by atoms with van der Waals surface area (Å²) in [6, 6.07) is 6.05. The number of aromatic nitrogens is 1. The Balaban J connectivity index is 2.48. The van der Waals surface area contributed by atoms with E-state index in [2.05, 4.69) is 9.82 Å². The van der Waals surface area contributed by atoms with Crippen LogP contribution in [0.15, 0.2) is 36.5 Å². The van der Waals surface area contributed by atoms with Gasteiger partial charge < -0.3 is 10.6 Å². The van der Waals surface area contributed by atoms with E-state index in [0.717, 1.165) is 24.4 Å². The van der Waals surface area contributed by atoms with Gasteiger partial charge in [0.05, 0.1) is 5.56 Å². The Morgan fingerprint density at radius 3 is 2.50 bits per heavy atom. The zero-order valence-electron chi connectivity index (χ0n) is 13.4. The first-order valence-corrected chi connectivity index (χ1v) is 7.18. The lowest BCUT2D eigenvalue weighted by Gasteiger charge is -2.21. The van der Waals surface area contributed by atoms with Crippen molar-refractivity contribution in [3.63, 3.8) is 0 Å². The van der Waals surface area contributed by atoms with Crippen molar-refractivity contribution >= 4 is 17.7 Å². The van der Waals surface area contributed by atoms with E-state index >= 15 is 0 Å². The highest BCUT2D eigenvalue weighted by Gasteiger charge is 2.44. The van der Waals surface area contributed by atoms with Crippen molar-refractivity contribution in [2.45, 2.75) is 19.6 Å².